The average molecular weight is 482 g/mol. The van der Waals surface area contributed by atoms with Crippen molar-refractivity contribution in [3.8, 4) is 0 Å². The monoisotopic (exact) mass is 481 g/mol. The molecule has 0 radical (unpaired) electrons. The van der Waals surface area contributed by atoms with Crippen molar-refractivity contribution in [3.63, 3.8) is 0 Å². The molecule has 1 fully saturated rings. The number of rotatable bonds is 6. The summed E-state index contributed by atoms with van der Waals surface area (Å²) < 4.78 is 23.7. The molecule has 1 aromatic carbocycles. The summed E-state index contributed by atoms with van der Waals surface area (Å²) in [4.78, 5) is 31.5. The van der Waals surface area contributed by atoms with Gasteiger partial charge in [-0.15, -0.1) is 0 Å². The number of halogens is 1. The molecular weight excluding hydrogens is 450 g/mol. The fourth-order valence-corrected chi connectivity index (χ4v) is 6.45. The van der Waals surface area contributed by atoms with Gasteiger partial charge in [-0.3, -0.25) is 9.59 Å². The van der Waals surface area contributed by atoms with Crippen molar-refractivity contribution in [3.05, 3.63) is 28.3 Å². The molecule has 0 spiro atoms. The number of hydrogen-bond acceptors (Lipinski definition) is 5. The molecule has 2 aliphatic heterocycles. The largest absolute Gasteiger partial charge is 0.368 e. The summed E-state index contributed by atoms with van der Waals surface area (Å²) in [5.74, 6) is -0.324. The molecule has 9 heteroatoms. The summed E-state index contributed by atoms with van der Waals surface area (Å²) in [5.41, 5.74) is 2.93. The molecule has 1 saturated heterocycles. The molecule has 0 aromatic heterocycles. The second-order valence-electron chi connectivity index (χ2n) is 8.95. The van der Waals surface area contributed by atoms with E-state index in [1.165, 1.54) is 0 Å². The third-order valence-electron chi connectivity index (χ3n) is 6.61. The minimum atomic E-state index is -2.96. The maximum absolute atomic E-state index is 13.0. The second-order valence-corrected chi connectivity index (χ2v) is 11.7. The highest BCUT2D eigenvalue weighted by molar-refractivity contribution is 7.91. The summed E-state index contributed by atoms with van der Waals surface area (Å²) in [5, 5.41) is 3.35. The van der Waals surface area contributed by atoms with Crippen molar-refractivity contribution in [2.45, 2.75) is 53.0 Å². The first kappa shape index (κ1) is 24.7. The molecule has 2 heterocycles. The second kappa shape index (κ2) is 9.91. The third-order valence-corrected chi connectivity index (χ3v) is 8.54. The maximum atomic E-state index is 13.0. The van der Waals surface area contributed by atoms with Crippen LogP contribution in [-0.4, -0.2) is 56.6 Å². The van der Waals surface area contributed by atoms with Crippen molar-refractivity contribution < 1.29 is 18.0 Å². The Morgan fingerprint density at radius 3 is 2.50 bits per heavy atom. The fraction of sp³-hybridized carbons (Fsp3) is 0.609. The smallest absolute Gasteiger partial charge is 0.251 e. The first-order valence-electron chi connectivity index (χ1n) is 11.2. The summed E-state index contributed by atoms with van der Waals surface area (Å²) in [6.45, 7) is 8.65. The number of benzene rings is 1. The lowest BCUT2D eigenvalue weighted by Gasteiger charge is -2.36. The van der Waals surface area contributed by atoms with E-state index in [9.17, 15) is 18.0 Å². The predicted molar refractivity (Wildman–Crippen MR) is 129 cm³/mol. The number of aliphatic imine (C=N–C) groups is 1. The summed E-state index contributed by atoms with van der Waals surface area (Å²) in [7, 11) is -2.96. The minimum absolute atomic E-state index is 0.0819. The zero-order valence-corrected chi connectivity index (χ0v) is 20.7. The summed E-state index contributed by atoms with van der Waals surface area (Å²) >= 11 is 6.39. The van der Waals surface area contributed by atoms with Crippen LogP contribution in [0.1, 0.15) is 56.0 Å². The highest BCUT2D eigenvalue weighted by Crippen LogP contribution is 2.32. The first-order valence-corrected chi connectivity index (χ1v) is 13.4. The van der Waals surface area contributed by atoms with Crippen LogP contribution in [0.15, 0.2) is 17.1 Å². The molecule has 2 unspecified atom stereocenters. The van der Waals surface area contributed by atoms with E-state index in [0.29, 0.717) is 30.0 Å². The molecule has 2 atom stereocenters. The van der Waals surface area contributed by atoms with Crippen LogP contribution in [0.3, 0.4) is 0 Å². The van der Waals surface area contributed by atoms with E-state index in [0.717, 1.165) is 23.4 Å². The number of amides is 2. The van der Waals surface area contributed by atoms with Crippen molar-refractivity contribution in [1.29, 1.82) is 0 Å². The number of carbonyl (C=O) groups is 2. The van der Waals surface area contributed by atoms with Gasteiger partial charge in [-0.05, 0) is 63.6 Å². The van der Waals surface area contributed by atoms with Crippen LogP contribution in [0.5, 0.6) is 0 Å². The molecule has 0 bridgehead atoms. The molecule has 2 amide bonds. The lowest BCUT2D eigenvalue weighted by molar-refractivity contribution is -0.123. The highest BCUT2D eigenvalue weighted by atomic mass is 35.5. The van der Waals surface area contributed by atoms with Crippen molar-refractivity contribution >= 4 is 44.7 Å². The van der Waals surface area contributed by atoms with E-state index in [-0.39, 0.29) is 47.7 Å². The topological polar surface area (TPSA) is 95.9 Å². The summed E-state index contributed by atoms with van der Waals surface area (Å²) in [6, 6.07) is 3.56. The number of nitrogens with zero attached hydrogens (tertiary/aromatic N) is 2. The molecule has 1 aromatic rings. The minimum Gasteiger partial charge on any atom is -0.368 e. The zero-order chi connectivity index (χ0) is 23.6. The molecule has 176 valence electrons. The normalized spacial score (nSPS) is 23.5. The fourth-order valence-electron chi connectivity index (χ4n) is 4.77. The molecule has 7 nitrogen and oxygen atoms in total. The van der Waals surface area contributed by atoms with Gasteiger partial charge in [-0.2, -0.15) is 0 Å². The standard InChI is InChI=1S/C23H32ClN3O4S/c1-5-27(18-6-8-32(30,31)9-7-18)21-12-17(24)11-19(16(21)4)22(28)25-13-20-14(2)10-15(3)26-23(20)29/h11-12,14,18,20H,5-10,13H2,1-4H3,(H,25,28). The molecule has 32 heavy (non-hydrogen) atoms. The molecule has 3 rings (SSSR count). The van der Waals surface area contributed by atoms with Crippen molar-refractivity contribution in [2.75, 3.05) is 29.5 Å². The lowest BCUT2D eigenvalue weighted by Crippen LogP contribution is -2.42. The van der Waals surface area contributed by atoms with E-state index >= 15 is 0 Å². The Morgan fingerprint density at radius 1 is 1.25 bits per heavy atom. The predicted octanol–water partition coefficient (Wildman–Crippen LogP) is 3.43. The van der Waals surface area contributed by atoms with Crippen LogP contribution in [-0.2, 0) is 14.6 Å². The Hall–Kier alpha value is -1.93. The SMILES string of the molecule is CCN(c1cc(Cl)cc(C(=O)NCC2C(=O)N=C(C)CC2C)c1C)C1CCS(=O)(=O)CC1. The molecular formula is C23H32ClN3O4S. The van der Waals surface area contributed by atoms with E-state index in [4.69, 9.17) is 11.6 Å². The molecule has 1 N–H and O–H groups in total. The van der Waals surface area contributed by atoms with Gasteiger partial charge in [0.1, 0.15) is 9.84 Å². The zero-order valence-electron chi connectivity index (χ0n) is 19.2. The molecule has 2 aliphatic rings. The van der Waals surface area contributed by atoms with Crippen molar-refractivity contribution in [1.82, 2.24) is 5.32 Å². The van der Waals surface area contributed by atoms with Crippen LogP contribution in [0, 0.1) is 18.8 Å². The quantitative estimate of drug-likeness (QED) is 0.671. The van der Waals surface area contributed by atoms with Gasteiger partial charge in [-0.25, -0.2) is 13.4 Å². The maximum Gasteiger partial charge on any atom is 0.251 e. The van der Waals surface area contributed by atoms with E-state index in [1.807, 2.05) is 33.8 Å². The van der Waals surface area contributed by atoms with Gasteiger partial charge in [0.25, 0.3) is 11.8 Å². The number of nitrogens with one attached hydrogen (secondary N) is 1. The van der Waals surface area contributed by atoms with Crippen LogP contribution in [0.2, 0.25) is 5.02 Å². The van der Waals surface area contributed by atoms with Gasteiger partial charge in [0.2, 0.25) is 0 Å². The van der Waals surface area contributed by atoms with Gasteiger partial charge in [-0.1, -0.05) is 18.5 Å². The number of hydrogen-bond donors (Lipinski definition) is 1. The van der Waals surface area contributed by atoms with Crippen LogP contribution < -0.4 is 10.2 Å². The van der Waals surface area contributed by atoms with Crippen LogP contribution in [0.25, 0.3) is 0 Å². The van der Waals surface area contributed by atoms with Gasteiger partial charge in [0.05, 0.1) is 17.4 Å². The van der Waals surface area contributed by atoms with Gasteiger partial charge in [0.15, 0.2) is 0 Å². The average Bonchev–Trinajstić information content (AvgIpc) is 2.70. The third kappa shape index (κ3) is 5.52. The van der Waals surface area contributed by atoms with Gasteiger partial charge < -0.3 is 10.2 Å². The van der Waals surface area contributed by atoms with Gasteiger partial charge in [0, 0.05) is 41.1 Å². The molecule has 0 saturated carbocycles. The van der Waals surface area contributed by atoms with Gasteiger partial charge >= 0.3 is 0 Å². The van der Waals surface area contributed by atoms with E-state index in [1.54, 1.807) is 6.07 Å². The Bertz CT molecular complexity index is 1020. The number of carbonyl (C=O) groups excluding carboxylic acids is 2. The Morgan fingerprint density at radius 2 is 1.91 bits per heavy atom. The lowest BCUT2D eigenvalue weighted by atomic mass is 9.86. The summed E-state index contributed by atoms with van der Waals surface area (Å²) in [6.07, 6.45) is 1.87. The van der Waals surface area contributed by atoms with Crippen molar-refractivity contribution in [2.24, 2.45) is 16.8 Å². The van der Waals surface area contributed by atoms with Crippen LogP contribution >= 0.6 is 11.6 Å². The number of anilines is 1. The first-order chi connectivity index (χ1) is 15.0. The Labute approximate surface area is 195 Å². The number of sulfone groups is 1. The highest BCUT2D eigenvalue weighted by Gasteiger charge is 2.31. The Balaban J connectivity index is 1.79. The van der Waals surface area contributed by atoms with Crippen LogP contribution in [0.4, 0.5) is 5.69 Å². The van der Waals surface area contributed by atoms with E-state index < -0.39 is 9.84 Å². The molecule has 0 aliphatic carbocycles. The van der Waals surface area contributed by atoms with E-state index in [2.05, 4.69) is 15.2 Å². The Kier molecular flexibility index (Phi) is 7.65.